The van der Waals surface area contributed by atoms with Crippen LogP contribution in [-0.2, 0) is 13.0 Å². The zero-order chi connectivity index (χ0) is 17.1. The van der Waals surface area contributed by atoms with E-state index in [9.17, 15) is 0 Å². The summed E-state index contributed by atoms with van der Waals surface area (Å²) in [4.78, 5) is 2.40. The first-order valence-corrected chi connectivity index (χ1v) is 9.17. The summed E-state index contributed by atoms with van der Waals surface area (Å²) in [6.45, 7) is 6.90. The van der Waals surface area contributed by atoms with E-state index in [4.69, 9.17) is 16.0 Å². The van der Waals surface area contributed by atoms with E-state index < -0.39 is 0 Å². The van der Waals surface area contributed by atoms with E-state index in [1.165, 1.54) is 16.0 Å². The van der Waals surface area contributed by atoms with Crippen molar-refractivity contribution in [3.63, 3.8) is 0 Å². The lowest BCUT2D eigenvalue weighted by atomic mass is 10.1. The molecular weight excluding hydrogens is 342 g/mol. The Bertz CT molecular complexity index is 810. The first-order chi connectivity index (χ1) is 11.6. The maximum atomic E-state index is 5.92. The zero-order valence-electron chi connectivity index (χ0n) is 14.0. The van der Waals surface area contributed by atoms with E-state index in [2.05, 4.69) is 42.4 Å². The summed E-state index contributed by atoms with van der Waals surface area (Å²) in [6, 6.07) is 10.1. The average molecular weight is 362 g/mol. The highest BCUT2D eigenvalue weighted by atomic mass is 35.5. The molecule has 6 heteroatoms. The lowest BCUT2D eigenvalue weighted by Gasteiger charge is -2.12. The van der Waals surface area contributed by atoms with E-state index in [1.54, 1.807) is 11.3 Å². The predicted molar refractivity (Wildman–Crippen MR) is 98.4 cm³/mol. The van der Waals surface area contributed by atoms with E-state index >= 15 is 0 Å². The molecule has 0 aliphatic rings. The van der Waals surface area contributed by atoms with Crippen LogP contribution in [0, 0.1) is 6.92 Å². The van der Waals surface area contributed by atoms with Crippen LogP contribution in [0.25, 0.3) is 10.8 Å². The third kappa shape index (κ3) is 3.86. The minimum Gasteiger partial charge on any atom is -0.419 e. The van der Waals surface area contributed by atoms with E-state index in [0.717, 1.165) is 16.3 Å². The molecule has 4 nitrogen and oxygen atoms in total. The summed E-state index contributed by atoms with van der Waals surface area (Å²) in [5, 5.41) is 12.4. The fraction of sp³-hybridized carbons (Fsp3) is 0.333. The quantitative estimate of drug-likeness (QED) is 0.657. The molecule has 3 rings (SSSR count). The van der Waals surface area contributed by atoms with Crippen LogP contribution in [0.3, 0.4) is 0 Å². The Kier molecular flexibility index (Phi) is 5.33. The Morgan fingerprint density at radius 2 is 2.00 bits per heavy atom. The maximum Gasteiger partial charge on any atom is 0.257 e. The second-order valence-corrected chi connectivity index (χ2v) is 7.30. The number of thiophene rings is 1. The number of hydrogen-bond donors (Lipinski definition) is 1. The lowest BCUT2D eigenvalue weighted by Crippen LogP contribution is -2.18. The largest absolute Gasteiger partial charge is 0.419 e. The highest BCUT2D eigenvalue weighted by Gasteiger charge is 2.14. The molecule has 0 bridgehead atoms. The van der Waals surface area contributed by atoms with Gasteiger partial charge in [-0.2, -0.15) is 0 Å². The maximum absolute atomic E-state index is 5.92. The number of aromatic nitrogens is 2. The first kappa shape index (κ1) is 17.1. The Hall–Kier alpha value is -1.69. The number of nitrogens with zero attached hydrogens (tertiary/aromatic N) is 2. The number of rotatable bonds is 6. The summed E-state index contributed by atoms with van der Waals surface area (Å²) in [5.74, 6) is 1.19. The van der Waals surface area contributed by atoms with Gasteiger partial charge < -0.3 is 9.73 Å². The molecule has 126 valence electrons. The Morgan fingerprint density at radius 1 is 1.25 bits per heavy atom. The van der Waals surface area contributed by atoms with Gasteiger partial charge in [-0.1, -0.05) is 30.7 Å². The molecule has 2 aromatic heterocycles. The second-order valence-electron chi connectivity index (χ2n) is 5.73. The fourth-order valence-corrected chi connectivity index (χ4v) is 3.67. The monoisotopic (exact) mass is 361 g/mol. The van der Waals surface area contributed by atoms with Crippen LogP contribution >= 0.6 is 22.9 Å². The Morgan fingerprint density at radius 3 is 2.67 bits per heavy atom. The van der Waals surface area contributed by atoms with Gasteiger partial charge in [0.2, 0.25) is 5.89 Å². The van der Waals surface area contributed by atoms with Crippen molar-refractivity contribution in [2.45, 2.75) is 39.8 Å². The first-order valence-electron chi connectivity index (χ1n) is 7.97. The van der Waals surface area contributed by atoms with Crippen molar-refractivity contribution in [1.82, 2.24) is 15.5 Å². The van der Waals surface area contributed by atoms with Crippen molar-refractivity contribution in [3.05, 3.63) is 57.2 Å². The van der Waals surface area contributed by atoms with Gasteiger partial charge in [-0.05, 0) is 49.6 Å². The van der Waals surface area contributed by atoms with Crippen molar-refractivity contribution in [2.24, 2.45) is 0 Å². The summed E-state index contributed by atoms with van der Waals surface area (Å²) < 4.78 is 5.79. The summed E-state index contributed by atoms with van der Waals surface area (Å²) in [5.41, 5.74) is 2.45. The molecule has 1 N–H and O–H groups in total. The molecule has 2 heterocycles. The van der Waals surface area contributed by atoms with Gasteiger partial charge in [-0.15, -0.1) is 21.5 Å². The smallest absolute Gasteiger partial charge is 0.257 e. The van der Waals surface area contributed by atoms with Gasteiger partial charge in [0.1, 0.15) is 0 Å². The van der Waals surface area contributed by atoms with Crippen LogP contribution in [0.2, 0.25) is 5.02 Å². The molecule has 0 saturated heterocycles. The second kappa shape index (κ2) is 7.47. The summed E-state index contributed by atoms with van der Waals surface area (Å²) in [6.07, 6.45) is 1.03. The zero-order valence-corrected chi connectivity index (χ0v) is 15.5. The number of nitrogens with one attached hydrogen (secondary N) is 1. The summed E-state index contributed by atoms with van der Waals surface area (Å²) in [7, 11) is 0. The van der Waals surface area contributed by atoms with Crippen molar-refractivity contribution >= 4 is 22.9 Å². The van der Waals surface area contributed by atoms with Crippen LogP contribution in [0.5, 0.6) is 0 Å². The van der Waals surface area contributed by atoms with Gasteiger partial charge in [0, 0.05) is 15.9 Å². The minimum absolute atomic E-state index is 0.174. The van der Waals surface area contributed by atoms with Gasteiger partial charge in [-0.3, -0.25) is 0 Å². The fourth-order valence-electron chi connectivity index (χ4n) is 2.51. The molecular formula is C18H20ClN3OS. The normalized spacial score (nSPS) is 12.5. The van der Waals surface area contributed by atoms with E-state index in [-0.39, 0.29) is 6.04 Å². The van der Waals surface area contributed by atoms with Gasteiger partial charge in [0.05, 0.1) is 11.4 Å². The predicted octanol–water partition coefficient (Wildman–Crippen LogP) is 5.17. The average Bonchev–Trinajstić information content (AvgIpc) is 3.19. The van der Waals surface area contributed by atoms with Gasteiger partial charge in [0.15, 0.2) is 0 Å². The number of aryl methyl sites for hydroxylation is 2. The molecule has 3 aromatic rings. The standard InChI is InChI=1S/C18H20ClN3OS/c1-4-15-11(2)9-16(24-15)18-22-21-17(23-18)10-20-12(3)13-5-7-14(19)8-6-13/h5-9,12,20H,4,10H2,1-3H3/t12-/m0/s1. The highest BCUT2D eigenvalue weighted by molar-refractivity contribution is 7.15. The molecule has 1 aromatic carbocycles. The molecule has 0 amide bonds. The highest BCUT2D eigenvalue weighted by Crippen LogP contribution is 2.30. The van der Waals surface area contributed by atoms with Crippen LogP contribution in [0.15, 0.2) is 34.7 Å². The minimum atomic E-state index is 0.174. The van der Waals surface area contributed by atoms with E-state index in [1.807, 2.05) is 24.3 Å². The molecule has 0 aliphatic heterocycles. The molecule has 0 saturated carbocycles. The van der Waals surface area contributed by atoms with Gasteiger partial charge in [0.25, 0.3) is 5.89 Å². The van der Waals surface area contributed by atoms with Crippen molar-refractivity contribution in [3.8, 4) is 10.8 Å². The molecule has 0 spiro atoms. The third-order valence-corrected chi connectivity index (χ3v) is 5.57. The molecule has 0 aliphatic carbocycles. The Labute approximate surface area is 150 Å². The van der Waals surface area contributed by atoms with Crippen molar-refractivity contribution in [1.29, 1.82) is 0 Å². The number of benzene rings is 1. The molecule has 0 fully saturated rings. The SMILES string of the molecule is CCc1sc(-c2nnc(CN[C@@H](C)c3ccc(Cl)cc3)o2)cc1C. The van der Waals surface area contributed by atoms with Crippen LogP contribution in [0.1, 0.15) is 41.8 Å². The summed E-state index contributed by atoms with van der Waals surface area (Å²) >= 11 is 7.64. The lowest BCUT2D eigenvalue weighted by molar-refractivity contribution is 0.455. The molecule has 24 heavy (non-hydrogen) atoms. The van der Waals surface area contributed by atoms with E-state index in [0.29, 0.717) is 18.3 Å². The number of hydrogen-bond acceptors (Lipinski definition) is 5. The molecule has 1 atom stereocenters. The number of halogens is 1. The van der Waals surface area contributed by atoms with Crippen LogP contribution in [0.4, 0.5) is 0 Å². The van der Waals surface area contributed by atoms with Crippen molar-refractivity contribution in [2.75, 3.05) is 0 Å². The third-order valence-electron chi connectivity index (χ3n) is 3.95. The van der Waals surface area contributed by atoms with Gasteiger partial charge >= 0.3 is 0 Å². The Balaban J connectivity index is 1.64. The van der Waals surface area contributed by atoms with Crippen LogP contribution in [-0.4, -0.2) is 10.2 Å². The van der Waals surface area contributed by atoms with Crippen molar-refractivity contribution < 1.29 is 4.42 Å². The topological polar surface area (TPSA) is 51.0 Å². The van der Waals surface area contributed by atoms with Gasteiger partial charge in [-0.25, -0.2) is 0 Å². The molecule has 0 unspecified atom stereocenters. The molecule has 0 radical (unpaired) electrons. The van der Waals surface area contributed by atoms with Crippen LogP contribution < -0.4 is 5.32 Å².